The number of hydrogen-bond donors (Lipinski definition) is 1. The third kappa shape index (κ3) is 4.50. The zero-order valence-corrected chi connectivity index (χ0v) is 15.4. The third-order valence-corrected chi connectivity index (χ3v) is 4.81. The third-order valence-electron chi connectivity index (χ3n) is 3.28. The van der Waals surface area contributed by atoms with Crippen molar-refractivity contribution < 1.29 is 4.79 Å². The number of nitrogens with one attached hydrogen (secondary N) is 1. The summed E-state index contributed by atoms with van der Waals surface area (Å²) in [5.41, 5.74) is 1.45. The Morgan fingerprint density at radius 2 is 1.68 bits per heavy atom. The van der Waals surface area contributed by atoms with Crippen LogP contribution in [0.5, 0.6) is 0 Å². The number of halogens is 2. The summed E-state index contributed by atoms with van der Waals surface area (Å²) in [6.07, 6.45) is 0. The summed E-state index contributed by atoms with van der Waals surface area (Å²) in [4.78, 5) is 12.4. The van der Waals surface area contributed by atoms with E-state index in [4.69, 9.17) is 23.2 Å². The maximum absolute atomic E-state index is 12.4. The van der Waals surface area contributed by atoms with Crippen LogP contribution in [-0.2, 0) is 4.79 Å². The van der Waals surface area contributed by atoms with E-state index in [9.17, 15) is 4.79 Å². The van der Waals surface area contributed by atoms with Crippen molar-refractivity contribution in [1.82, 2.24) is 20.2 Å². The number of thioether (sulfide) groups is 1. The summed E-state index contributed by atoms with van der Waals surface area (Å²) >= 11 is 13.0. The van der Waals surface area contributed by atoms with Crippen molar-refractivity contribution in [3.63, 3.8) is 0 Å². The predicted octanol–water partition coefficient (Wildman–Crippen LogP) is 4.09. The molecular formula is C16H13Cl2N5OS. The van der Waals surface area contributed by atoms with Gasteiger partial charge < -0.3 is 5.32 Å². The maximum Gasteiger partial charge on any atom is 0.237 e. The smallest absolute Gasteiger partial charge is 0.237 e. The lowest BCUT2D eigenvalue weighted by Crippen LogP contribution is -2.22. The highest BCUT2D eigenvalue weighted by molar-refractivity contribution is 8.00. The van der Waals surface area contributed by atoms with Crippen molar-refractivity contribution in [3.8, 4) is 5.69 Å². The Balaban J connectivity index is 1.70. The van der Waals surface area contributed by atoms with Gasteiger partial charge in [0.25, 0.3) is 0 Å². The van der Waals surface area contributed by atoms with Gasteiger partial charge in [-0.2, -0.15) is 4.68 Å². The molecule has 0 unspecified atom stereocenters. The Morgan fingerprint density at radius 1 is 1.08 bits per heavy atom. The molecule has 25 heavy (non-hydrogen) atoms. The molecule has 0 aliphatic heterocycles. The Bertz CT molecular complexity index is 867. The molecule has 0 bridgehead atoms. The second-order valence-electron chi connectivity index (χ2n) is 5.11. The van der Waals surface area contributed by atoms with Gasteiger partial charge in [-0.1, -0.05) is 35.0 Å². The number of carbonyl (C=O) groups excluding carboxylic acids is 1. The zero-order chi connectivity index (χ0) is 17.8. The summed E-state index contributed by atoms with van der Waals surface area (Å²) in [5.74, 6) is -0.155. The quantitative estimate of drug-likeness (QED) is 0.660. The molecule has 2 aromatic carbocycles. The lowest BCUT2D eigenvalue weighted by atomic mass is 10.3. The second-order valence-corrected chi connectivity index (χ2v) is 7.29. The molecule has 3 aromatic rings. The molecule has 128 valence electrons. The van der Waals surface area contributed by atoms with Gasteiger partial charge in [0.1, 0.15) is 0 Å². The molecule has 1 amide bonds. The summed E-state index contributed by atoms with van der Waals surface area (Å²) < 4.78 is 1.56. The summed E-state index contributed by atoms with van der Waals surface area (Å²) in [7, 11) is 0. The number of carbonyl (C=O) groups is 1. The lowest BCUT2D eigenvalue weighted by molar-refractivity contribution is -0.115. The SMILES string of the molecule is C[C@@H](Sc1nnnn1-c1ccc(Cl)cc1)C(=O)Nc1ccc(Cl)cc1. The largest absolute Gasteiger partial charge is 0.325 e. The first kappa shape index (κ1) is 17.7. The average Bonchev–Trinajstić information content (AvgIpc) is 3.05. The van der Waals surface area contributed by atoms with Crippen molar-refractivity contribution >= 4 is 46.6 Å². The van der Waals surface area contributed by atoms with Crippen LogP contribution in [0.25, 0.3) is 5.69 Å². The molecule has 0 aliphatic rings. The molecule has 0 aliphatic carbocycles. The number of nitrogens with zero attached hydrogens (tertiary/aromatic N) is 4. The number of hydrogen-bond acceptors (Lipinski definition) is 5. The molecule has 3 rings (SSSR count). The molecule has 0 spiro atoms. The number of rotatable bonds is 5. The van der Waals surface area contributed by atoms with Gasteiger partial charge in [-0.15, -0.1) is 5.10 Å². The van der Waals surface area contributed by atoms with Gasteiger partial charge in [0.2, 0.25) is 11.1 Å². The Labute approximate surface area is 158 Å². The van der Waals surface area contributed by atoms with Crippen LogP contribution in [0.4, 0.5) is 5.69 Å². The summed E-state index contributed by atoms with van der Waals surface area (Å²) in [6.45, 7) is 1.79. The van der Waals surface area contributed by atoms with Crippen LogP contribution in [0.3, 0.4) is 0 Å². The molecule has 0 radical (unpaired) electrons. The molecule has 9 heteroatoms. The fourth-order valence-corrected chi connectivity index (χ4v) is 3.05. The summed E-state index contributed by atoms with van der Waals surface area (Å²) in [6, 6.07) is 14.0. The van der Waals surface area contributed by atoms with Crippen molar-refractivity contribution in [2.75, 3.05) is 5.32 Å². The normalized spacial score (nSPS) is 12.0. The van der Waals surface area contributed by atoms with Crippen LogP contribution < -0.4 is 5.32 Å². The van der Waals surface area contributed by atoms with Gasteiger partial charge in [0.05, 0.1) is 10.9 Å². The van der Waals surface area contributed by atoms with E-state index < -0.39 is 5.25 Å². The number of benzene rings is 2. The first-order valence-electron chi connectivity index (χ1n) is 7.30. The minimum Gasteiger partial charge on any atom is -0.325 e. The first-order chi connectivity index (χ1) is 12.0. The fourth-order valence-electron chi connectivity index (χ4n) is 1.99. The van der Waals surface area contributed by atoms with Crippen LogP contribution >= 0.6 is 35.0 Å². The lowest BCUT2D eigenvalue weighted by Gasteiger charge is -2.11. The van der Waals surface area contributed by atoms with Crippen molar-refractivity contribution in [3.05, 3.63) is 58.6 Å². The minimum absolute atomic E-state index is 0.155. The topological polar surface area (TPSA) is 72.7 Å². The number of amides is 1. The van der Waals surface area contributed by atoms with Crippen LogP contribution in [0.1, 0.15) is 6.92 Å². The monoisotopic (exact) mass is 393 g/mol. The average molecular weight is 394 g/mol. The standard InChI is InChI=1S/C16H13Cl2N5OS/c1-10(15(24)19-13-6-2-11(17)3-7-13)25-16-20-21-22-23(16)14-8-4-12(18)5-9-14/h2-10H,1H3,(H,19,24)/t10-/m1/s1. The highest BCUT2D eigenvalue weighted by Gasteiger charge is 2.19. The van der Waals surface area contributed by atoms with E-state index in [0.29, 0.717) is 20.9 Å². The molecule has 0 fully saturated rings. The van der Waals surface area contributed by atoms with Crippen molar-refractivity contribution in [1.29, 1.82) is 0 Å². The van der Waals surface area contributed by atoms with Gasteiger partial charge in [0, 0.05) is 15.7 Å². The molecule has 1 N–H and O–H groups in total. The van der Waals surface area contributed by atoms with Crippen molar-refractivity contribution in [2.45, 2.75) is 17.3 Å². The van der Waals surface area contributed by atoms with E-state index >= 15 is 0 Å². The van der Waals surface area contributed by atoms with Gasteiger partial charge in [-0.05, 0) is 65.9 Å². The predicted molar refractivity (Wildman–Crippen MR) is 99.6 cm³/mol. The number of anilines is 1. The van der Waals surface area contributed by atoms with E-state index in [2.05, 4.69) is 20.8 Å². The van der Waals surface area contributed by atoms with E-state index in [1.165, 1.54) is 11.8 Å². The van der Waals surface area contributed by atoms with Crippen LogP contribution in [-0.4, -0.2) is 31.4 Å². The second kappa shape index (κ2) is 7.86. The van der Waals surface area contributed by atoms with Crippen LogP contribution in [0.2, 0.25) is 10.0 Å². The van der Waals surface area contributed by atoms with Crippen LogP contribution in [0.15, 0.2) is 53.7 Å². The number of tetrazole rings is 1. The molecule has 1 atom stereocenters. The Kier molecular flexibility index (Phi) is 5.57. The van der Waals surface area contributed by atoms with E-state index in [0.717, 1.165) is 5.69 Å². The molecule has 1 aromatic heterocycles. The summed E-state index contributed by atoms with van der Waals surface area (Å²) in [5, 5.41) is 15.8. The van der Waals surface area contributed by atoms with Crippen molar-refractivity contribution in [2.24, 2.45) is 0 Å². The molecule has 0 saturated heterocycles. The Hall–Kier alpha value is -2.09. The fraction of sp³-hybridized carbons (Fsp3) is 0.125. The first-order valence-corrected chi connectivity index (χ1v) is 8.94. The highest BCUT2D eigenvalue weighted by atomic mass is 35.5. The molecule has 0 saturated carbocycles. The van der Waals surface area contributed by atoms with Gasteiger partial charge in [-0.25, -0.2) is 0 Å². The van der Waals surface area contributed by atoms with Gasteiger partial charge in [0.15, 0.2) is 0 Å². The molecule has 1 heterocycles. The van der Waals surface area contributed by atoms with E-state index in [1.807, 2.05) is 0 Å². The molecular weight excluding hydrogens is 381 g/mol. The number of aromatic nitrogens is 4. The minimum atomic E-state index is -0.396. The zero-order valence-electron chi connectivity index (χ0n) is 13.1. The highest BCUT2D eigenvalue weighted by Crippen LogP contribution is 2.24. The maximum atomic E-state index is 12.4. The van der Waals surface area contributed by atoms with E-state index in [1.54, 1.807) is 60.1 Å². The Morgan fingerprint density at radius 3 is 2.32 bits per heavy atom. The van der Waals surface area contributed by atoms with Gasteiger partial charge >= 0.3 is 0 Å². The van der Waals surface area contributed by atoms with Crippen LogP contribution in [0, 0.1) is 0 Å². The van der Waals surface area contributed by atoms with Gasteiger partial charge in [-0.3, -0.25) is 4.79 Å². The van der Waals surface area contributed by atoms with E-state index in [-0.39, 0.29) is 5.91 Å². The molecule has 6 nitrogen and oxygen atoms in total.